The molecule has 1 aliphatic carbocycles. The van der Waals surface area contributed by atoms with E-state index < -0.39 is 10.8 Å². The summed E-state index contributed by atoms with van der Waals surface area (Å²) in [5, 5.41) is 7.33. The highest BCUT2D eigenvalue weighted by atomic mass is 127. The number of aliphatic imine (C=N–C) groups is 1. The molecule has 3 unspecified atom stereocenters. The minimum Gasteiger partial charge on any atom is -0.379 e. The molecule has 0 radical (unpaired) electrons. The van der Waals surface area contributed by atoms with Crippen LogP contribution in [0.3, 0.4) is 0 Å². The lowest BCUT2D eigenvalue weighted by Gasteiger charge is -2.30. The number of hydrogen-bond donors (Lipinski definition) is 2. The standard InChI is InChI=1S/C23H38N4O2S.HI/c1-3-24-23(26-21-10-7-11-22(16-21)30(28)4-2)25-17-19-8-5-6-9-20(19)18-27-12-14-29-15-13-27;/h5-6,8-9,21-22H,3-4,7,10-18H2,1-2H3,(H2,24,25,26);1H. The van der Waals surface area contributed by atoms with E-state index >= 15 is 0 Å². The van der Waals surface area contributed by atoms with Crippen molar-refractivity contribution < 1.29 is 8.95 Å². The molecule has 1 aromatic rings. The van der Waals surface area contributed by atoms with Crippen LogP contribution in [-0.2, 0) is 28.6 Å². The topological polar surface area (TPSA) is 66.0 Å². The number of nitrogens with one attached hydrogen (secondary N) is 2. The molecule has 1 heterocycles. The average Bonchev–Trinajstić information content (AvgIpc) is 2.79. The van der Waals surface area contributed by atoms with Crippen LogP contribution in [0.1, 0.15) is 50.7 Å². The lowest BCUT2D eigenvalue weighted by molar-refractivity contribution is 0.0341. The van der Waals surface area contributed by atoms with Crippen LogP contribution >= 0.6 is 24.0 Å². The Hall–Kier alpha value is -0.710. The van der Waals surface area contributed by atoms with Gasteiger partial charge in [0.25, 0.3) is 0 Å². The van der Waals surface area contributed by atoms with Gasteiger partial charge < -0.3 is 15.4 Å². The fourth-order valence-electron chi connectivity index (χ4n) is 4.29. The lowest BCUT2D eigenvalue weighted by atomic mass is 9.95. The van der Waals surface area contributed by atoms with Gasteiger partial charge >= 0.3 is 0 Å². The molecule has 0 bridgehead atoms. The Balaban J connectivity index is 0.00000341. The van der Waals surface area contributed by atoms with Gasteiger partial charge in [-0.15, -0.1) is 24.0 Å². The molecule has 3 rings (SSSR count). The van der Waals surface area contributed by atoms with Crippen LogP contribution in [0.5, 0.6) is 0 Å². The number of halogens is 1. The lowest BCUT2D eigenvalue weighted by Crippen LogP contribution is -2.46. The summed E-state index contributed by atoms with van der Waals surface area (Å²) in [6.07, 6.45) is 4.31. The van der Waals surface area contributed by atoms with E-state index in [-0.39, 0.29) is 24.0 Å². The summed E-state index contributed by atoms with van der Waals surface area (Å²) in [7, 11) is -0.707. The normalized spacial score (nSPS) is 23.6. The molecule has 1 aliphatic heterocycles. The molecule has 176 valence electrons. The van der Waals surface area contributed by atoms with Crippen molar-refractivity contribution in [2.24, 2.45) is 4.99 Å². The Morgan fingerprint density at radius 1 is 1.19 bits per heavy atom. The Morgan fingerprint density at radius 3 is 2.65 bits per heavy atom. The zero-order valence-electron chi connectivity index (χ0n) is 19.0. The molecular formula is C23H39IN4O2S. The molecule has 2 aliphatic rings. The van der Waals surface area contributed by atoms with Gasteiger partial charge in [0.2, 0.25) is 0 Å². The van der Waals surface area contributed by atoms with Crippen molar-refractivity contribution in [1.29, 1.82) is 0 Å². The summed E-state index contributed by atoms with van der Waals surface area (Å²) in [5.74, 6) is 1.62. The Bertz CT molecular complexity index is 713. The molecule has 1 aromatic carbocycles. The third-order valence-corrected chi connectivity index (χ3v) is 7.73. The molecule has 3 atom stereocenters. The van der Waals surface area contributed by atoms with Crippen LogP contribution < -0.4 is 10.6 Å². The minimum absolute atomic E-state index is 0. The Kier molecular flexibility index (Phi) is 12.4. The van der Waals surface area contributed by atoms with Crippen molar-refractivity contribution in [3.8, 4) is 0 Å². The van der Waals surface area contributed by atoms with E-state index in [0.29, 0.717) is 17.8 Å². The quantitative estimate of drug-likeness (QED) is 0.289. The highest BCUT2D eigenvalue weighted by Gasteiger charge is 2.26. The van der Waals surface area contributed by atoms with Crippen LogP contribution in [0, 0.1) is 0 Å². The summed E-state index contributed by atoms with van der Waals surface area (Å²) in [6, 6.07) is 8.96. The molecule has 2 fully saturated rings. The first-order valence-corrected chi connectivity index (χ1v) is 12.9. The van der Waals surface area contributed by atoms with Crippen molar-refractivity contribution >= 4 is 40.7 Å². The van der Waals surface area contributed by atoms with Crippen LogP contribution in [0.15, 0.2) is 29.3 Å². The second-order valence-corrected chi connectivity index (χ2v) is 10.2. The van der Waals surface area contributed by atoms with Gasteiger partial charge in [0.05, 0.1) is 19.8 Å². The number of benzene rings is 1. The summed E-state index contributed by atoms with van der Waals surface area (Å²) in [4.78, 5) is 7.35. The Labute approximate surface area is 207 Å². The molecule has 6 nitrogen and oxygen atoms in total. The van der Waals surface area contributed by atoms with E-state index in [0.717, 1.165) is 76.8 Å². The van der Waals surface area contributed by atoms with Gasteiger partial charge in [0.1, 0.15) is 0 Å². The fraction of sp³-hybridized carbons (Fsp3) is 0.696. The van der Waals surface area contributed by atoms with Crippen LogP contribution in [0.25, 0.3) is 0 Å². The largest absolute Gasteiger partial charge is 0.379 e. The van der Waals surface area contributed by atoms with E-state index in [1.165, 1.54) is 11.1 Å². The van der Waals surface area contributed by atoms with Crippen molar-refractivity contribution in [2.75, 3.05) is 38.6 Å². The molecule has 1 saturated carbocycles. The SMILES string of the molecule is CCNC(=NCc1ccccc1CN1CCOCC1)NC1CCCC(S(=O)CC)C1.I. The molecule has 8 heteroatoms. The predicted octanol–water partition coefficient (Wildman–Crippen LogP) is 3.27. The number of rotatable bonds is 8. The van der Waals surface area contributed by atoms with Crippen LogP contribution in [-0.4, -0.2) is 65.0 Å². The highest BCUT2D eigenvalue weighted by Crippen LogP contribution is 2.23. The van der Waals surface area contributed by atoms with E-state index in [2.05, 4.69) is 46.7 Å². The van der Waals surface area contributed by atoms with E-state index in [1.54, 1.807) is 0 Å². The number of ether oxygens (including phenoxy) is 1. The van der Waals surface area contributed by atoms with Gasteiger partial charge in [-0.3, -0.25) is 9.11 Å². The van der Waals surface area contributed by atoms with Crippen molar-refractivity contribution in [2.45, 2.75) is 63.9 Å². The van der Waals surface area contributed by atoms with Gasteiger partial charge in [0.15, 0.2) is 5.96 Å². The zero-order valence-corrected chi connectivity index (χ0v) is 22.1. The number of hydrogen-bond acceptors (Lipinski definition) is 4. The van der Waals surface area contributed by atoms with E-state index in [4.69, 9.17) is 9.73 Å². The third-order valence-electron chi connectivity index (χ3n) is 5.99. The molecule has 1 saturated heterocycles. The highest BCUT2D eigenvalue weighted by molar-refractivity contribution is 14.0. The molecule has 0 spiro atoms. The average molecular weight is 563 g/mol. The predicted molar refractivity (Wildman–Crippen MR) is 141 cm³/mol. The first-order chi connectivity index (χ1) is 14.7. The van der Waals surface area contributed by atoms with Gasteiger partial charge in [-0.25, -0.2) is 4.99 Å². The van der Waals surface area contributed by atoms with Crippen molar-refractivity contribution in [1.82, 2.24) is 15.5 Å². The second kappa shape index (κ2) is 14.4. The van der Waals surface area contributed by atoms with E-state index in [9.17, 15) is 4.21 Å². The summed E-state index contributed by atoms with van der Waals surface area (Å²) < 4.78 is 17.7. The Morgan fingerprint density at radius 2 is 1.94 bits per heavy atom. The zero-order chi connectivity index (χ0) is 21.2. The van der Waals surface area contributed by atoms with E-state index in [1.807, 2.05) is 6.92 Å². The smallest absolute Gasteiger partial charge is 0.191 e. The third kappa shape index (κ3) is 8.63. The van der Waals surface area contributed by atoms with Gasteiger partial charge in [-0.1, -0.05) is 37.6 Å². The maximum Gasteiger partial charge on any atom is 0.191 e. The maximum absolute atomic E-state index is 12.3. The molecule has 2 N–H and O–H groups in total. The molecule has 0 aromatic heterocycles. The molecular weight excluding hydrogens is 523 g/mol. The molecule has 31 heavy (non-hydrogen) atoms. The van der Waals surface area contributed by atoms with Crippen LogP contribution in [0.4, 0.5) is 0 Å². The van der Waals surface area contributed by atoms with Crippen molar-refractivity contribution in [3.05, 3.63) is 35.4 Å². The first-order valence-electron chi connectivity index (χ1n) is 11.5. The van der Waals surface area contributed by atoms with Crippen LogP contribution in [0.2, 0.25) is 0 Å². The maximum atomic E-state index is 12.3. The van der Waals surface area contributed by atoms with Gasteiger partial charge in [0, 0.05) is 54.0 Å². The summed E-state index contributed by atoms with van der Waals surface area (Å²) in [6.45, 7) is 10.2. The minimum atomic E-state index is -0.707. The monoisotopic (exact) mass is 562 g/mol. The van der Waals surface area contributed by atoms with Gasteiger partial charge in [-0.05, 0) is 37.3 Å². The number of morpholine rings is 1. The number of nitrogens with zero attached hydrogens (tertiary/aromatic N) is 2. The summed E-state index contributed by atoms with van der Waals surface area (Å²) in [5.41, 5.74) is 2.62. The fourth-order valence-corrected chi connectivity index (χ4v) is 5.64. The summed E-state index contributed by atoms with van der Waals surface area (Å²) >= 11 is 0. The van der Waals surface area contributed by atoms with Gasteiger partial charge in [-0.2, -0.15) is 0 Å². The number of guanidine groups is 1. The first kappa shape index (κ1) is 26.5. The van der Waals surface area contributed by atoms with Crippen molar-refractivity contribution in [3.63, 3.8) is 0 Å². The second-order valence-electron chi connectivity index (χ2n) is 8.15. The molecule has 0 amide bonds.